The topological polar surface area (TPSA) is 25.2 Å². The third kappa shape index (κ3) is 7.81. The predicted molar refractivity (Wildman–Crippen MR) is 206 cm³/mol. The minimum Gasteiger partial charge on any atom is -0.272 e. The molecule has 232 valence electrons. The monoisotopic (exact) mass is 618 g/mol. The third-order valence-corrected chi connectivity index (χ3v) is 8.45. The molecular formula is C46H38N2. The van der Waals surface area contributed by atoms with Gasteiger partial charge in [0.2, 0.25) is 0 Å². The second-order valence-corrected chi connectivity index (χ2v) is 11.7. The quantitative estimate of drug-likeness (QED) is 0.105. The summed E-state index contributed by atoms with van der Waals surface area (Å²) in [5.74, 6) is 0. The molecular weight excluding hydrogens is 581 g/mol. The highest BCUT2D eigenvalue weighted by Crippen LogP contribution is 2.31. The van der Waals surface area contributed by atoms with Crippen molar-refractivity contribution in [2.45, 2.75) is 13.3 Å². The van der Waals surface area contributed by atoms with Gasteiger partial charge in [0.15, 0.2) is 0 Å². The molecule has 2 nitrogen and oxygen atoms in total. The van der Waals surface area contributed by atoms with Gasteiger partial charge in [-0.25, -0.2) is 0 Å². The summed E-state index contributed by atoms with van der Waals surface area (Å²) in [6.07, 6.45) is 12.7. The van der Waals surface area contributed by atoms with Crippen LogP contribution in [0.4, 0.5) is 0 Å². The number of nitrogens with zero attached hydrogens (tertiary/aromatic N) is 2. The molecule has 0 fully saturated rings. The molecule has 0 saturated carbocycles. The van der Waals surface area contributed by atoms with Crippen molar-refractivity contribution in [2.24, 2.45) is 4.99 Å². The maximum atomic E-state index is 4.30. The van der Waals surface area contributed by atoms with E-state index in [-0.39, 0.29) is 0 Å². The Hall–Kier alpha value is -6.12. The molecule has 0 radical (unpaired) electrons. The lowest BCUT2D eigenvalue weighted by molar-refractivity contribution is 1.27. The van der Waals surface area contributed by atoms with Gasteiger partial charge in [-0.2, -0.15) is 0 Å². The highest BCUT2D eigenvalue weighted by molar-refractivity contribution is 5.86. The molecule has 5 aromatic carbocycles. The lowest BCUT2D eigenvalue weighted by atomic mass is 9.93. The van der Waals surface area contributed by atoms with Gasteiger partial charge in [0.25, 0.3) is 0 Å². The van der Waals surface area contributed by atoms with Crippen LogP contribution in [0.5, 0.6) is 0 Å². The summed E-state index contributed by atoms with van der Waals surface area (Å²) in [7, 11) is 0. The van der Waals surface area contributed by atoms with Gasteiger partial charge in [-0.3, -0.25) is 9.98 Å². The number of rotatable bonds is 11. The second kappa shape index (κ2) is 15.4. The van der Waals surface area contributed by atoms with Gasteiger partial charge in [-0.1, -0.05) is 140 Å². The minimum atomic E-state index is 0.797. The van der Waals surface area contributed by atoms with Crippen LogP contribution < -0.4 is 0 Å². The van der Waals surface area contributed by atoms with Crippen LogP contribution in [0.25, 0.3) is 50.1 Å². The number of hydrogen-bond donors (Lipinski definition) is 0. The van der Waals surface area contributed by atoms with E-state index in [0.717, 1.165) is 39.8 Å². The van der Waals surface area contributed by atoms with Crippen LogP contribution in [-0.2, 0) is 6.42 Å². The highest BCUT2D eigenvalue weighted by atomic mass is 14.6. The molecule has 2 heteroatoms. The average molecular weight is 619 g/mol. The van der Waals surface area contributed by atoms with Crippen molar-refractivity contribution >= 4 is 23.4 Å². The zero-order chi connectivity index (χ0) is 33.1. The van der Waals surface area contributed by atoms with E-state index in [1.165, 1.54) is 39.0 Å². The first-order valence-electron chi connectivity index (χ1n) is 16.1. The molecule has 0 saturated heterocycles. The van der Waals surface area contributed by atoms with Crippen molar-refractivity contribution < 1.29 is 0 Å². The standard InChI is InChI=1S/C46H38N2/c1-4-36(32-47-3)39-17-9-19-41(29-39)42-20-10-21-43(30-42)45(27-34(2)37-14-6-5-7-15-37)25-24-35-13-8-16-38(28-35)40-18-11-22-44(31-40)46-23-12-26-48-33-46/h4-23,25-33H,1,3,24H2,2H3/b34-27+,36-32+,45-25+. The first kappa shape index (κ1) is 31.8. The lowest BCUT2D eigenvalue weighted by Crippen LogP contribution is -1.90. The second-order valence-electron chi connectivity index (χ2n) is 11.7. The molecule has 0 aliphatic carbocycles. The van der Waals surface area contributed by atoms with Crippen molar-refractivity contribution in [3.05, 3.63) is 205 Å². The van der Waals surface area contributed by atoms with E-state index < -0.39 is 0 Å². The molecule has 0 bridgehead atoms. The summed E-state index contributed by atoms with van der Waals surface area (Å²) in [4.78, 5) is 8.26. The summed E-state index contributed by atoms with van der Waals surface area (Å²) in [6.45, 7) is 9.76. The molecule has 1 heterocycles. The number of aromatic nitrogens is 1. The number of aliphatic imine (C=N–C) groups is 1. The van der Waals surface area contributed by atoms with Gasteiger partial charge >= 0.3 is 0 Å². The molecule has 0 atom stereocenters. The molecule has 0 amide bonds. The van der Waals surface area contributed by atoms with E-state index in [2.05, 4.69) is 176 Å². The fourth-order valence-electron chi connectivity index (χ4n) is 5.90. The Labute approximate surface area is 284 Å². The summed E-state index contributed by atoms with van der Waals surface area (Å²) >= 11 is 0. The van der Waals surface area contributed by atoms with Gasteiger partial charge in [0.05, 0.1) is 0 Å². The molecule has 0 aliphatic rings. The van der Waals surface area contributed by atoms with Gasteiger partial charge in [-0.15, -0.1) is 0 Å². The predicted octanol–water partition coefficient (Wildman–Crippen LogP) is 12.0. The van der Waals surface area contributed by atoms with Crippen molar-refractivity contribution in [1.29, 1.82) is 0 Å². The summed E-state index contributed by atoms with van der Waals surface area (Å²) in [5.41, 5.74) is 15.0. The van der Waals surface area contributed by atoms with Gasteiger partial charge in [0, 0.05) is 24.2 Å². The van der Waals surface area contributed by atoms with Crippen molar-refractivity contribution in [3.8, 4) is 33.4 Å². The Morgan fingerprint density at radius 2 is 1.17 bits per heavy atom. The lowest BCUT2D eigenvalue weighted by Gasteiger charge is -2.11. The third-order valence-electron chi connectivity index (χ3n) is 8.45. The SMILES string of the molecule is C=C/C(=C\N=C)c1cccc(-c2cccc(C(/C=C(\C)c3ccccc3)=C/Cc3cccc(-c4cccc(-c5cccnc5)c4)c3)c2)c1. The normalized spacial score (nSPS) is 12.1. The van der Waals surface area contributed by atoms with Crippen LogP contribution in [0.1, 0.15) is 29.2 Å². The smallest absolute Gasteiger partial charge is 0.0346 e. The van der Waals surface area contributed by atoms with E-state index in [4.69, 9.17) is 0 Å². The highest BCUT2D eigenvalue weighted by Gasteiger charge is 2.08. The summed E-state index contributed by atoms with van der Waals surface area (Å²) in [5, 5.41) is 0. The van der Waals surface area contributed by atoms with Gasteiger partial charge in [0.1, 0.15) is 0 Å². The Bertz CT molecular complexity index is 2130. The van der Waals surface area contributed by atoms with E-state index >= 15 is 0 Å². The summed E-state index contributed by atoms with van der Waals surface area (Å²) in [6, 6.07) is 49.4. The molecule has 0 N–H and O–H groups in total. The Kier molecular flexibility index (Phi) is 10.2. The fourth-order valence-corrected chi connectivity index (χ4v) is 5.90. The Morgan fingerprint density at radius 3 is 1.81 bits per heavy atom. The van der Waals surface area contributed by atoms with Crippen molar-refractivity contribution in [3.63, 3.8) is 0 Å². The van der Waals surface area contributed by atoms with E-state index in [0.29, 0.717) is 0 Å². The van der Waals surface area contributed by atoms with E-state index in [9.17, 15) is 0 Å². The number of hydrogen-bond acceptors (Lipinski definition) is 2. The number of pyridine rings is 1. The van der Waals surface area contributed by atoms with Gasteiger partial charge < -0.3 is 0 Å². The maximum Gasteiger partial charge on any atom is 0.0346 e. The van der Waals surface area contributed by atoms with Crippen LogP contribution in [0.2, 0.25) is 0 Å². The van der Waals surface area contributed by atoms with Gasteiger partial charge in [-0.05, 0) is 111 Å². The zero-order valence-electron chi connectivity index (χ0n) is 27.3. The summed E-state index contributed by atoms with van der Waals surface area (Å²) < 4.78 is 0. The van der Waals surface area contributed by atoms with Crippen molar-refractivity contribution in [2.75, 3.05) is 0 Å². The van der Waals surface area contributed by atoms with Crippen LogP contribution >= 0.6 is 0 Å². The van der Waals surface area contributed by atoms with E-state index in [1.807, 2.05) is 24.5 Å². The number of allylic oxidation sites excluding steroid dienone is 6. The first-order chi connectivity index (χ1) is 23.6. The van der Waals surface area contributed by atoms with Crippen LogP contribution in [0.3, 0.4) is 0 Å². The first-order valence-corrected chi connectivity index (χ1v) is 16.1. The Balaban J connectivity index is 1.35. The molecule has 48 heavy (non-hydrogen) atoms. The molecule has 0 aliphatic heterocycles. The maximum absolute atomic E-state index is 4.30. The largest absolute Gasteiger partial charge is 0.272 e. The fraction of sp³-hybridized carbons (Fsp3) is 0.0435. The molecule has 1 aromatic heterocycles. The Morgan fingerprint density at radius 1 is 0.604 bits per heavy atom. The van der Waals surface area contributed by atoms with Crippen LogP contribution in [0.15, 0.2) is 188 Å². The molecule has 0 spiro atoms. The van der Waals surface area contributed by atoms with E-state index in [1.54, 1.807) is 6.20 Å². The average Bonchev–Trinajstić information content (AvgIpc) is 3.16. The van der Waals surface area contributed by atoms with Crippen LogP contribution in [-0.4, -0.2) is 11.7 Å². The van der Waals surface area contributed by atoms with Crippen molar-refractivity contribution in [1.82, 2.24) is 4.98 Å². The molecule has 0 unspecified atom stereocenters. The number of benzene rings is 5. The molecule has 6 aromatic rings. The zero-order valence-corrected chi connectivity index (χ0v) is 27.3. The van der Waals surface area contributed by atoms with Crippen LogP contribution in [0, 0.1) is 0 Å². The minimum absolute atomic E-state index is 0.797. The molecule has 6 rings (SSSR count).